The summed E-state index contributed by atoms with van der Waals surface area (Å²) < 4.78 is 0. The number of nitro benzene ring substituents is 1. The highest BCUT2D eigenvalue weighted by atomic mass is 35.5. The molecule has 120 valence electrons. The topological polar surface area (TPSA) is 72.2 Å². The van der Waals surface area contributed by atoms with Crippen molar-refractivity contribution in [3.63, 3.8) is 0 Å². The third kappa shape index (κ3) is 4.79. The van der Waals surface area contributed by atoms with Crippen molar-refractivity contribution in [2.75, 3.05) is 0 Å². The summed E-state index contributed by atoms with van der Waals surface area (Å²) in [7, 11) is 0. The molecular formula is C17H17ClN2O3. The maximum atomic E-state index is 12.2. The molecule has 0 saturated heterocycles. The summed E-state index contributed by atoms with van der Waals surface area (Å²) in [5, 5.41) is 13.8. The van der Waals surface area contributed by atoms with Gasteiger partial charge in [0.05, 0.1) is 15.5 Å². The number of nitro groups is 1. The molecule has 6 heteroatoms. The number of rotatable bonds is 6. The third-order valence-electron chi connectivity index (χ3n) is 3.49. The van der Waals surface area contributed by atoms with E-state index in [0.717, 1.165) is 12.8 Å². The fourth-order valence-corrected chi connectivity index (χ4v) is 2.41. The standard InChI is InChI=1S/C17H17ClN2O3/c1-12(7-8-13-5-3-2-4-6-13)19-17(21)15-11-14(20(22)23)9-10-16(15)18/h2-6,9-12H,7-8H2,1H3,(H,19,21)/t12-/m0/s1. The highest BCUT2D eigenvalue weighted by molar-refractivity contribution is 6.33. The molecule has 23 heavy (non-hydrogen) atoms. The number of amides is 1. The van der Waals surface area contributed by atoms with Gasteiger partial charge in [-0.2, -0.15) is 0 Å². The SMILES string of the molecule is C[C@@H](CCc1ccccc1)NC(=O)c1cc([N+](=O)[O-])ccc1Cl. The van der Waals surface area contributed by atoms with E-state index < -0.39 is 10.8 Å². The zero-order valence-electron chi connectivity index (χ0n) is 12.7. The van der Waals surface area contributed by atoms with Crippen molar-refractivity contribution in [3.05, 3.63) is 74.8 Å². The number of hydrogen-bond donors (Lipinski definition) is 1. The number of benzene rings is 2. The smallest absolute Gasteiger partial charge is 0.270 e. The molecule has 2 aromatic carbocycles. The molecule has 0 saturated carbocycles. The number of aryl methyl sites for hydroxylation is 1. The lowest BCUT2D eigenvalue weighted by Gasteiger charge is -2.14. The lowest BCUT2D eigenvalue weighted by molar-refractivity contribution is -0.384. The number of hydrogen-bond acceptors (Lipinski definition) is 3. The highest BCUT2D eigenvalue weighted by Gasteiger charge is 2.17. The second kappa shape index (κ2) is 7.74. The van der Waals surface area contributed by atoms with Gasteiger partial charge in [0.15, 0.2) is 0 Å². The maximum absolute atomic E-state index is 12.2. The van der Waals surface area contributed by atoms with E-state index in [1.54, 1.807) is 0 Å². The van der Waals surface area contributed by atoms with Crippen molar-refractivity contribution in [1.29, 1.82) is 0 Å². The van der Waals surface area contributed by atoms with Gasteiger partial charge in [0.1, 0.15) is 0 Å². The van der Waals surface area contributed by atoms with E-state index in [9.17, 15) is 14.9 Å². The summed E-state index contributed by atoms with van der Waals surface area (Å²) in [4.78, 5) is 22.5. The normalized spacial score (nSPS) is 11.7. The Balaban J connectivity index is 1.98. The van der Waals surface area contributed by atoms with Crippen molar-refractivity contribution in [2.45, 2.75) is 25.8 Å². The molecule has 0 unspecified atom stereocenters. The first kappa shape index (κ1) is 17.0. The average molecular weight is 333 g/mol. The second-order valence-electron chi connectivity index (χ2n) is 5.32. The molecule has 0 fully saturated rings. The van der Waals surface area contributed by atoms with Gasteiger partial charge in [-0.05, 0) is 31.4 Å². The van der Waals surface area contributed by atoms with E-state index in [-0.39, 0.29) is 22.3 Å². The molecule has 0 bridgehead atoms. The fourth-order valence-electron chi connectivity index (χ4n) is 2.20. The van der Waals surface area contributed by atoms with Gasteiger partial charge in [-0.15, -0.1) is 0 Å². The Labute approximate surface area is 139 Å². The van der Waals surface area contributed by atoms with Crippen LogP contribution in [0, 0.1) is 10.1 Å². The minimum Gasteiger partial charge on any atom is -0.350 e. The van der Waals surface area contributed by atoms with Crippen LogP contribution >= 0.6 is 11.6 Å². The Bertz CT molecular complexity index is 704. The molecule has 1 N–H and O–H groups in total. The minimum absolute atomic E-state index is 0.0713. The minimum atomic E-state index is -0.550. The van der Waals surface area contributed by atoms with Crippen molar-refractivity contribution in [1.82, 2.24) is 5.32 Å². The molecule has 5 nitrogen and oxygen atoms in total. The van der Waals surface area contributed by atoms with E-state index in [1.807, 2.05) is 37.3 Å². The van der Waals surface area contributed by atoms with Crippen molar-refractivity contribution < 1.29 is 9.72 Å². The summed E-state index contributed by atoms with van der Waals surface area (Å²) in [5.74, 6) is -0.403. The maximum Gasteiger partial charge on any atom is 0.270 e. The Kier molecular flexibility index (Phi) is 5.71. The van der Waals surface area contributed by atoms with Crippen LogP contribution in [0.1, 0.15) is 29.3 Å². The van der Waals surface area contributed by atoms with Crippen molar-refractivity contribution in [2.24, 2.45) is 0 Å². The molecule has 0 aliphatic heterocycles. The van der Waals surface area contributed by atoms with Crippen LogP contribution in [-0.4, -0.2) is 16.9 Å². The van der Waals surface area contributed by atoms with Gasteiger partial charge >= 0.3 is 0 Å². The Hall–Kier alpha value is -2.40. The fraction of sp³-hybridized carbons (Fsp3) is 0.235. The van der Waals surface area contributed by atoms with Gasteiger partial charge in [0.25, 0.3) is 11.6 Å². The number of nitrogens with one attached hydrogen (secondary N) is 1. The molecule has 0 radical (unpaired) electrons. The van der Waals surface area contributed by atoms with Gasteiger partial charge in [-0.3, -0.25) is 14.9 Å². The molecule has 0 aliphatic carbocycles. The number of carbonyl (C=O) groups excluding carboxylic acids is 1. The van der Waals surface area contributed by atoms with E-state index in [2.05, 4.69) is 5.32 Å². The molecule has 1 atom stereocenters. The summed E-state index contributed by atoms with van der Waals surface area (Å²) in [6.07, 6.45) is 1.60. The lowest BCUT2D eigenvalue weighted by Crippen LogP contribution is -2.33. The zero-order chi connectivity index (χ0) is 16.8. The first-order valence-electron chi connectivity index (χ1n) is 7.26. The van der Waals surface area contributed by atoms with Crippen LogP contribution < -0.4 is 5.32 Å². The Morgan fingerprint density at radius 2 is 1.96 bits per heavy atom. The Morgan fingerprint density at radius 3 is 2.61 bits per heavy atom. The van der Waals surface area contributed by atoms with Gasteiger partial charge in [-0.25, -0.2) is 0 Å². The predicted molar refractivity (Wildman–Crippen MR) is 89.8 cm³/mol. The molecule has 0 aliphatic rings. The molecule has 0 spiro atoms. The molecule has 1 amide bonds. The second-order valence-corrected chi connectivity index (χ2v) is 5.73. The summed E-state index contributed by atoms with van der Waals surface area (Å²) in [6, 6.07) is 13.7. The van der Waals surface area contributed by atoms with E-state index >= 15 is 0 Å². The predicted octanol–water partition coefficient (Wildman–Crippen LogP) is 4.00. The van der Waals surface area contributed by atoms with Crippen LogP contribution in [0.15, 0.2) is 48.5 Å². The summed E-state index contributed by atoms with van der Waals surface area (Å²) in [5.41, 5.74) is 1.16. The van der Waals surface area contributed by atoms with Crippen LogP contribution in [0.2, 0.25) is 5.02 Å². The molecule has 0 aromatic heterocycles. The number of non-ortho nitro benzene ring substituents is 1. The van der Waals surface area contributed by atoms with E-state index in [1.165, 1.54) is 23.8 Å². The number of halogens is 1. The summed E-state index contributed by atoms with van der Waals surface area (Å²) in [6.45, 7) is 1.89. The first-order chi connectivity index (χ1) is 11.0. The van der Waals surface area contributed by atoms with Gasteiger partial charge in [-0.1, -0.05) is 41.9 Å². The van der Waals surface area contributed by atoms with Crippen LogP contribution in [0.3, 0.4) is 0 Å². The number of nitrogens with zero attached hydrogens (tertiary/aromatic N) is 1. The quantitative estimate of drug-likeness (QED) is 0.642. The monoisotopic (exact) mass is 332 g/mol. The van der Waals surface area contributed by atoms with Crippen molar-refractivity contribution in [3.8, 4) is 0 Å². The van der Waals surface area contributed by atoms with Crippen molar-refractivity contribution >= 4 is 23.2 Å². The molecule has 2 rings (SSSR count). The van der Waals surface area contributed by atoms with Crippen LogP contribution in [0.5, 0.6) is 0 Å². The van der Waals surface area contributed by atoms with E-state index in [0.29, 0.717) is 0 Å². The first-order valence-corrected chi connectivity index (χ1v) is 7.64. The van der Waals surface area contributed by atoms with E-state index in [4.69, 9.17) is 11.6 Å². The third-order valence-corrected chi connectivity index (χ3v) is 3.82. The van der Waals surface area contributed by atoms with Gasteiger partial charge in [0.2, 0.25) is 0 Å². The van der Waals surface area contributed by atoms with Gasteiger partial charge < -0.3 is 5.32 Å². The lowest BCUT2D eigenvalue weighted by atomic mass is 10.1. The van der Waals surface area contributed by atoms with Crippen LogP contribution in [-0.2, 0) is 6.42 Å². The van der Waals surface area contributed by atoms with Gasteiger partial charge in [0, 0.05) is 18.2 Å². The zero-order valence-corrected chi connectivity index (χ0v) is 13.4. The molecule has 2 aromatic rings. The highest BCUT2D eigenvalue weighted by Crippen LogP contribution is 2.22. The average Bonchev–Trinajstić information content (AvgIpc) is 2.54. The summed E-state index contributed by atoms with van der Waals surface area (Å²) >= 11 is 5.97. The Morgan fingerprint density at radius 1 is 1.26 bits per heavy atom. The van der Waals surface area contributed by atoms with Crippen LogP contribution in [0.25, 0.3) is 0 Å². The van der Waals surface area contributed by atoms with Crippen LogP contribution in [0.4, 0.5) is 5.69 Å². The molecule has 0 heterocycles. The molecular weight excluding hydrogens is 316 g/mol. The number of carbonyl (C=O) groups is 1. The largest absolute Gasteiger partial charge is 0.350 e.